The van der Waals surface area contributed by atoms with E-state index in [1.807, 2.05) is 30.3 Å². The Morgan fingerprint density at radius 2 is 2.04 bits per heavy atom. The molecule has 1 saturated carbocycles. The van der Waals surface area contributed by atoms with Crippen LogP contribution in [0.1, 0.15) is 59.6 Å². The van der Waals surface area contributed by atoms with Crippen molar-refractivity contribution in [3.63, 3.8) is 0 Å². The van der Waals surface area contributed by atoms with Gasteiger partial charge in [0.05, 0.1) is 11.1 Å². The van der Waals surface area contributed by atoms with Crippen LogP contribution < -0.4 is 10.6 Å². The maximum atomic E-state index is 13.4. The lowest BCUT2D eigenvalue weighted by atomic mass is 9.96. The van der Waals surface area contributed by atoms with Crippen LogP contribution in [0, 0.1) is 17.1 Å². The first-order valence-corrected chi connectivity index (χ1v) is 9.82. The molecule has 1 fully saturated rings. The van der Waals surface area contributed by atoms with E-state index in [0.717, 1.165) is 24.8 Å². The zero-order valence-corrected chi connectivity index (χ0v) is 16.5. The fourth-order valence-electron chi connectivity index (χ4n) is 3.80. The van der Waals surface area contributed by atoms with E-state index in [0.29, 0.717) is 17.5 Å². The molecule has 1 amide bonds. The summed E-state index contributed by atoms with van der Waals surface area (Å²) in [5, 5.41) is 14.9. The first-order valence-electron chi connectivity index (χ1n) is 9.44. The van der Waals surface area contributed by atoms with Crippen molar-refractivity contribution in [2.45, 2.75) is 44.2 Å². The first kappa shape index (κ1) is 20.3. The highest BCUT2D eigenvalue weighted by Gasteiger charge is 2.27. The molecule has 0 heterocycles. The highest BCUT2D eigenvalue weighted by Crippen LogP contribution is 2.35. The Hall–Kier alpha value is -2.42. The first-order chi connectivity index (χ1) is 13.5. The van der Waals surface area contributed by atoms with Crippen LogP contribution in [0.15, 0.2) is 42.5 Å². The summed E-state index contributed by atoms with van der Waals surface area (Å²) >= 11 is 5.89. The van der Waals surface area contributed by atoms with Gasteiger partial charge in [-0.05, 0) is 67.5 Å². The van der Waals surface area contributed by atoms with E-state index < -0.39 is 5.82 Å². The second kappa shape index (κ2) is 9.18. The third-order valence-electron chi connectivity index (χ3n) is 5.33. The van der Waals surface area contributed by atoms with E-state index in [9.17, 15) is 9.18 Å². The smallest absolute Gasteiger partial charge is 0.252 e. The van der Waals surface area contributed by atoms with Crippen molar-refractivity contribution < 1.29 is 9.18 Å². The Morgan fingerprint density at radius 3 is 2.71 bits per heavy atom. The number of nitrogens with zero attached hydrogens (tertiary/aromatic N) is 1. The molecule has 3 rings (SSSR count). The SMILES string of the molecule is C[C@@H](NC1CC[C@H](c2ccc(C(=O)NCC#N)cc2)C1)c1ccc(F)c(Cl)c1. The van der Waals surface area contributed by atoms with Gasteiger partial charge in [0, 0.05) is 17.6 Å². The summed E-state index contributed by atoms with van der Waals surface area (Å²) in [6.45, 7) is 2.07. The second-order valence-electron chi connectivity index (χ2n) is 7.23. The van der Waals surface area contributed by atoms with Crippen LogP contribution in [-0.2, 0) is 0 Å². The Balaban J connectivity index is 1.57. The van der Waals surface area contributed by atoms with Crippen molar-refractivity contribution in [1.29, 1.82) is 5.26 Å². The van der Waals surface area contributed by atoms with Crippen molar-refractivity contribution in [3.05, 3.63) is 70.0 Å². The average Bonchev–Trinajstić information content (AvgIpc) is 3.16. The lowest BCUT2D eigenvalue weighted by Gasteiger charge is -2.20. The largest absolute Gasteiger partial charge is 0.339 e. The van der Waals surface area contributed by atoms with Gasteiger partial charge in [-0.1, -0.05) is 29.8 Å². The molecule has 0 bridgehead atoms. The molecule has 1 aliphatic carbocycles. The molecule has 0 saturated heterocycles. The molecule has 4 nitrogen and oxygen atoms in total. The van der Waals surface area contributed by atoms with Crippen LogP contribution in [0.25, 0.3) is 0 Å². The number of halogens is 2. The van der Waals surface area contributed by atoms with Crippen molar-refractivity contribution in [2.75, 3.05) is 6.54 Å². The van der Waals surface area contributed by atoms with Crippen LogP contribution in [0.2, 0.25) is 5.02 Å². The molecule has 6 heteroatoms. The molecule has 146 valence electrons. The molecule has 2 aromatic rings. The Morgan fingerprint density at radius 1 is 1.29 bits per heavy atom. The van der Waals surface area contributed by atoms with Gasteiger partial charge in [-0.15, -0.1) is 0 Å². The molecule has 1 aliphatic rings. The predicted octanol–water partition coefficient (Wildman–Crippen LogP) is 4.72. The summed E-state index contributed by atoms with van der Waals surface area (Å²) in [7, 11) is 0. The van der Waals surface area contributed by atoms with Crippen molar-refractivity contribution in [3.8, 4) is 6.07 Å². The molecule has 1 unspecified atom stereocenters. The molecule has 0 aromatic heterocycles. The zero-order chi connectivity index (χ0) is 20.1. The fourth-order valence-corrected chi connectivity index (χ4v) is 3.98. The highest BCUT2D eigenvalue weighted by molar-refractivity contribution is 6.30. The Kier molecular flexibility index (Phi) is 6.66. The minimum atomic E-state index is -0.400. The minimum absolute atomic E-state index is 0.00795. The number of carbonyl (C=O) groups is 1. The summed E-state index contributed by atoms with van der Waals surface area (Å²) in [5.74, 6) is -0.188. The van der Waals surface area contributed by atoms with Gasteiger partial charge in [-0.2, -0.15) is 5.26 Å². The summed E-state index contributed by atoms with van der Waals surface area (Å²) in [6, 6.07) is 14.8. The molecule has 2 N–H and O–H groups in total. The van der Waals surface area contributed by atoms with Gasteiger partial charge in [0.1, 0.15) is 12.4 Å². The van der Waals surface area contributed by atoms with Crippen molar-refractivity contribution >= 4 is 17.5 Å². The van der Waals surface area contributed by atoms with Gasteiger partial charge < -0.3 is 10.6 Å². The van der Waals surface area contributed by atoms with Gasteiger partial charge >= 0.3 is 0 Å². The topological polar surface area (TPSA) is 64.9 Å². The average molecular weight is 400 g/mol. The predicted molar refractivity (Wildman–Crippen MR) is 108 cm³/mol. The van der Waals surface area contributed by atoms with Gasteiger partial charge in [-0.3, -0.25) is 4.79 Å². The van der Waals surface area contributed by atoms with Crippen molar-refractivity contribution in [2.24, 2.45) is 0 Å². The van der Waals surface area contributed by atoms with E-state index in [1.165, 1.54) is 11.6 Å². The van der Waals surface area contributed by atoms with Crippen LogP contribution in [0.4, 0.5) is 4.39 Å². The molecule has 3 atom stereocenters. The molecule has 0 radical (unpaired) electrons. The van der Waals surface area contributed by atoms with E-state index in [2.05, 4.69) is 17.6 Å². The number of amides is 1. The summed E-state index contributed by atoms with van der Waals surface area (Å²) in [6.07, 6.45) is 3.15. The molecular formula is C22H23ClFN3O. The normalized spacial score (nSPS) is 19.8. The summed E-state index contributed by atoms with van der Waals surface area (Å²) in [4.78, 5) is 11.9. The molecule has 28 heavy (non-hydrogen) atoms. The number of rotatable bonds is 6. The third kappa shape index (κ3) is 4.89. The number of carbonyl (C=O) groups excluding carboxylic acids is 1. The number of hydrogen-bond donors (Lipinski definition) is 2. The van der Waals surface area contributed by atoms with Gasteiger partial charge in [0.2, 0.25) is 0 Å². The number of nitrogens with one attached hydrogen (secondary N) is 2. The van der Waals surface area contributed by atoms with Crippen molar-refractivity contribution in [1.82, 2.24) is 10.6 Å². The highest BCUT2D eigenvalue weighted by atomic mass is 35.5. The van der Waals surface area contributed by atoms with Crippen LogP contribution in [0.3, 0.4) is 0 Å². The van der Waals surface area contributed by atoms with Gasteiger partial charge in [-0.25, -0.2) is 4.39 Å². The van der Waals surface area contributed by atoms with Crippen LogP contribution in [0.5, 0.6) is 0 Å². The Bertz CT molecular complexity index is 878. The third-order valence-corrected chi connectivity index (χ3v) is 5.62. The zero-order valence-electron chi connectivity index (χ0n) is 15.7. The maximum absolute atomic E-state index is 13.4. The molecule has 2 aromatic carbocycles. The number of nitriles is 1. The maximum Gasteiger partial charge on any atom is 0.252 e. The van der Waals surface area contributed by atoms with Crippen LogP contribution in [-0.4, -0.2) is 18.5 Å². The quantitative estimate of drug-likeness (QED) is 0.691. The lowest BCUT2D eigenvalue weighted by molar-refractivity contribution is 0.0958. The standard InChI is InChI=1S/C22H23ClFN3O/c1-14(17-7-9-21(24)20(23)13-17)27-19-8-6-18(12-19)15-2-4-16(5-3-15)22(28)26-11-10-25/h2-5,7,9,13-14,18-19,27H,6,8,11-12H2,1H3,(H,26,28)/t14-,18+,19?/m1/s1. The number of benzene rings is 2. The van der Waals surface area contributed by atoms with E-state index in [-0.39, 0.29) is 23.5 Å². The van der Waals surface area contributed by atoms with E-state index >= 15 is 0 Å². The molecular weight excluding hydrogens is 377 g/mol. The summed E-state index contributed by atoms with van der Waals surface area (Å²) < 4.78 is 13.4. The molecule has 0 spiro atoms. The summed E-state index contributed by atoms with van der Waals surface area (Å²) in [5.41, 5.74) is 2.76. The van der Waals surface area contributed by atoms with E-state index in [4.69, 9.17) is 16.9 Å². The lowest BCUT2D eigenvalue weighted by Crippen LogP contribution is -2.29. The number of hydrogen-bond acceptors (Lipinski definition) is 3. The minimum Gasteiger partial charge on any atom is -0.339 e. The monoisotopic (exact) mass is 399 g/mol. The molecule has 0 aliphatic heterocycles. The second-order valence-corrected chi connectivity index (χ2v) is 7.64. The van der Waals surface area contributed by atoms with Gasteiger partial charge in [0.25, 0.3) is 5.91 Å². The van der Waals surface area contributed by atoms with E-state index in [1.54, 1.807) is 12.1 Å². The van der Waals surface area contributed by atoms with Crippen LogP contribution >= 0.6 is 11.6 Å². The van der Waals surface area contributed by atoms with Gasteiger partial charge in [0.15, 0.2) is 0 Å². The fraction of sp³-hybridized carbons (Fsp3) is 0.364. The Labute approximate surface area is 169 Å².